The Hall–Kier alpha value is -2.11. The van der Waals surface area contributed by atoms with Gasteiger partial charge in [-0.3, -0.25) is 9.89 Å². The zero-order chi connectivity index (χ0) is 21.7. The second-order valence-corrected chi connectivity index (χ2v) is 10.2. The molecule has 0 spiro atoms. The standard InChI is InChI=1S/C19H27N5O4S2/c1-13-6-7-16(28-3)17(11-13)30(26,27)24-9-4-5-15(12-24)18(25)20-8-10-29-19-21-14(2)22-23-19/h6-7,11,15H,4-5,8-10,12H2,1-3H3,(H,20,25)(H,21,22,23). The average Bonchev–Trinajstić information content (AvgIpc) is 3.16. The van der Waals surface area contributed by atoms with E-state index in [4.69, 9.17) is 4.74 Å². The summed E-state index contributed by atoms with van der Waals surface area (Å²) in [7, 11) is -2.30. The van der Waals surface area contributed by atoms with Gasteiger partial charge in [0.2, 0.25) is 21.1 Å². The van der Waals surface area contributed by atoms with Crippen molar-refractivity contribution in [2.24, 2.45) is 5.92 Å². The van der Waals surface area contributed by atoms with Crippen LogP contribution in [0.4, 0.5) is 0 Å². The molecule has 0 aliphatic carbocycles. The van der Waals surface area contributed by atoms with Crippen molar-refractivity contribution in [2.75, 3.05) is 32.5 Å². The number of carbonyl (C=O) groups excluding carboxylic acids is 1. The number of aromatic amines is 1. The highest BCUT2D eigenvalue weighted by Gasteiger charge is 2.34. The maximum atomic E-state index is 13.2. The number of nitrogens with zero attached hydrogens (tertiary/aromatic N) is 3. The Morgan fingerprint density at radius 1 is 1.40 bits per heavy atom. The minimum Gasteiger partial charge on any atom is -0.495 e. The molecule has 1 amide bonds. The van der Waals surface area contributed by atoms with Crippen LogP contribution in [0.2, 0.25) is 0 Å². The van der Waals surface area contributed by atoms with Gasteiger partial charge in [0, 0.05) is 25.4 Å². The number of aromatic nitrogens is 3. The summed E-state index contributed by atoms with van der Waals surface area (Å²) >= 11 is 1.45. The van der Waals surface area contributed by atoms with Gasteiger partial charge in [0.25, 0.3) is 0 Å². The van der Waals surface area contributed by atoms with Crippen LogP contribution in [-0.4, -0.2) is 66.3 Å². The predicted molar refractivity (Wildman–Crippen MR) is 114 cm³/mol. The van der Waals surface area contributed by atoms with E-state index in [0.29, 0.717) is 42.6 Å². The van der Waals surface area contributed by atoms with Crippen LogP contribution in [0.25, 0.3) is 0 Å². The van der Waals surface area contributed by atoms with Crippen molar-refractivity contribution >= 4 is 27.7 Å². The summed E-state index contributed by atoms with van der Waals surface area (Å²) in [6.45, 7) is 4.69. The number of hydrogen-bond donors (Lipinski definition) is 2. The number of sulfonamides is 1. The topological polar surface area (TPSA) is 117 Å². The number of nitrogens with one attached hydrogen (secondary N) is 2. The van der Waals surface area contributed by atoms with E-state index < -0.39 is 10.0 Å². The fraction of sp³-hybridized carbons (Fsp3) is 0.526. The molecule has 2 aromatic rings. The normalized spacial score (nSPS) is 17.6. The van der Waals surface area contributed by atoms with Crippen molar-refractivity contribution in [3.8, 4) is 5.75 Å². The quantitative estimate of drug-likeness (QED) is 0.462. The highest BCUT2D eigenvalue weighted by Crippen LogP contribution is 2.30. The average molecular weight is 454 g/mol. The van der Waals surface area contributed by atoms with E-state index in [0.717, 1.165) is 11.4 Å². The zero-order valence-corrected chi connectivity index (χ0v) is 19.0. The molecule has 2 heterocycles. The summed E-state index contributed by atoms with van der Waals surface area (Å²) in [6.07, 6.45) is 1.30. The van der Waals surface area contributed by atoms with E-state index in [1.807, 2.05) is 19.9 Å². The van der Waals surface area contributed by atoms with Gasteiger partial charge in [0.15, 0.2) is 0 Å². The van der Waals surface area contributed by atoms with Crippen LogP contribution >= 0.6 is 11.8 Å². The van der Waals surface area contributed by atoms with Crippen molar-refractivity contribution in [3.05, 3.63) is 29.6 Å². The van der Waals surface area contributed by atoms with Crippen LogP contribution in [0, 0.1) is 19.8 Å². The van der Waals surface area contributed by atoms with Crippen molar-refractivity contribution in [1.82, 2.24) is 24.8 Å². The number of rotatable bonds is 8. The Balaban J connectivity index is 1.59. The molecule has 1 fully saturated rings. The third-order valence-electron chi connectivity index (χ3n) is 4.90. The summed E-state index contributed by atoms with van der Waals surface area (Å²) in [4.78, 5) is 16.9. The van der Waals surface area contributed by atoms with E-state index in [1.165, 1.54) is 23.2 Å². The summed E-state index contributed by atoms with van der Waals surface area (Å²) in [5, 5.41) is 10.4. The molecule has 1 aliphatic rings. The predicted octanol–water partition coefficient (Wildman–Crippen LogP) is 1.74. The number of aryl methyl sites for hydroxylation is 2. The van der Waals surface area contributed by atoms with Crippen molar-refractivity contribution in [3.63, 3.8) is 0 Å². The lowest BCUT2D eigenvalue weighted by molar-refractivity contribution is -0.125. The molecule has 3 rings (SSSR count). The number of carbonyl (C=O) groups is 1. The molecule has 11 heteroatoms. The lowest BCUT2D eigenvalue weighted by Crippen LogP contribution is -2.45. The van der Waals surface area contributed by atoms with Crippen LogP contribution in [0.1, 0.15) is 24.2 Å². The monoisotopic (exact) mass is 453 g/mol. The molecule has 30 heavy (non-hydrogen) atoms. The van der Waals surface area contributed by atoms with E-state index >= 15 is 0 Å². The van der Waals surface area contributed by atoms with Gasteiger partial charge in [-0.15, -0.1) is 5.10 Å². The molecule has 1 aliphatic heterocycles. The van der Waals surface area contributed by atoms with Gasteiger partial charge in [-0.05, 0) is 44.4 Å². The number of methoxy groups -OCH3 is 1. The smallest absolute Gasteiger partial charge is 0.246 e. The molecule has 1 aromatic heterocycles. The number of benzene rings is 1. The fourth-order valence-electron chi connectivity index (χ4n) is 3.35. The minimum atomic E-state index is -3.75. The largest absolute Gasteiger partial charge is 0.495 e. The Kier molecular flexibility index (Phi) is 7.37. The molecule has 9 nitrogen and oxygen atoms in total. The maximum absolute atomic E-state index is 13.2. The first-order valence-electron chi connectivity index (χ1n) is 9.75. The second-order valence-electron chi connectivity index (χ2n) is 7.20. The van der Waals surface area contributed by atoms with Gasteiger partial charge in [-0.2, -0.15) is 4.31 Å². The van der Waals surface area contributed by atoms with E-state index in [2.05, 4.69) is 20.5 Å². The molecule has 164 valence electrons. The summed E-state index contributed by atoms with van der Waals surface area (Å²) < 4.78 is 33.0. The summed E-state index contributed by atoms with van der Waals surface area (Å²) in [5.74, 6) is 1.19. The molecule has 1 unspecified atom stereocenters. The van der Waals surface area contributed by atoms with Crippen LogP contribution in [-0.2, 0) is 14.8 Å². The molecule has 1 saturated heterocycles. The SMILES string of the molecule is COc1ccc(C)cc1S(=O)(=O)N1CCCC(C(=O)NCCSc2n[nH]c(C)n2)C1. The molecule has 1 aromatic carbocycles. The number of hydrogen-bond acceptors (Lipinski definition) is 7. The Morgan fingerprint density at radius 3 is 2.90 bits per heavy atom. The molecular formula is C19H27N5O4S2. The van der Waals surface area contributed by atoms with Crippen molar-refractivity contribution in [1.29, 1.82) is 0 Å². The van der Waals surface area contributed by atoms with Gasteiger partial charge in [0.1, 0.15) is 16.5 Å². The van der Waals surface area contributed by atoms with Crippen LogP contribution in [0.5, 0.6) is 5.75 Å². The van der Waals surface area contributed by atoms with E-state index in [1.54, 1.807) is 12.1 Å². The lowest BCUT2D eigenvalue weighted by Gasteiger charge is -2.31. The number of amides is 1. The third-order valence-corrected chi connectivity index (χ3v) is 7.64. The third kappa shape index (κ3) is 5.32. The van der Waals surface area contributed by atoms with Crippen LogP contribution in [0.15, 0.2) is 28.3 Å². The first-order chi connectivity index (χ1) is 14.3. The second kappa shape index (κ2) is 9.80. The molecule has 1 atom stereocenters. The Bertz CT molecular complexity index is 993. The molecule has 0 saturated carbocycles. The number of H-pyrrole nitrogens is 1. The summed E-state index contributed by atoms with van der Waals surface area (Å²) in [5.41, 5.74) is 0.833. The summed E-state index contributed by atoms with van der Waals surface area (Å²) in [6, 6.07) is 5.08. The van der Waals surface area contributed by atoms with Gasteiger partial charge in [-0.25, -0.2) is 13.4 Å². The first kappa shape index (κ1) is 22.6. The van der Waals surface area contributed by atoms with E-state index in [9.17, 15) is 13.2 Å². The van der Waals surface area contributed by atoms with Gasteiger partial charge >= 0.3 is 0 Å². The highest BCUT2D eigenvalue weighted by molar-refractivity contribution is 7.99. The minimum absolute atomic E-state index is 0.127. The van der Waals surface area contributed by atoms with Crippen molar-refractivity contribution < 1.29 is 17.9 Å². The highest BCUT2D eigenvalue weighted by atomic mass is 32.2. The number of piperidine rings is 1. The van der Waals surface area contributed by atoms with Gasteiger partial charge < -0.3 is 10.1 Å². The molecule has 0 bridgehead atoms. The van der Waals surface area contributed by atoms with Gasteiger partial charge in [-0.1, -0.05) is 17.8 Å². The number of thioether (sulfide) groups is 1. The molecule has 0 radical (unpaired) electrons. The lowest BCUT2D eigenvalue weighted by atomic mass is 9.99. The zero-order valence-electron chi connectivity index (χ0n) is 17.3. The van der Waals surface area contributed by atoms with Crippen LogP contribution < -0.4 is 10.1 Å². The van der Waals surface area contributed by atoms with Gasteiger partial charge in [0.05, 0.1) is 13.0 Å². The molecule has 2 N–H and O–H groups in total. The van der Waals surface area contributed by atoms with E-state index in [-0.39, 0.29) is 23.3 Å². The van der Waals surface area contributed by atoms with Crippen molar-refractivity contribution in [2.45, 2.75) is 36.7 Å². The number of ether oxygens (including phenoxy) is 1. The van der Waals surface area contributed by atoms with Crippen LogP contribution in [0.3, 0.4) is 0 Å². The fourth-order valence-corrected chi connectivity index (χ4v) is 5.81. The first-order valence-corrected chi connectivity index (χ1v) is 12.2. The Labute approximate surface area is 181 Å². The molecular weight excluding hydrogens is 426 g/mol. The maximum Gasteiger partial charge on any atom is 0.246 e. The Morgan fingerprint density at radius 2 is 2.20 bits per heavy atom.